The van der Waals surface area contributed by atoms with Crippen LogP contribution in [0.3, 0.4) is 0 Å². The molecule has 5 heteroatoms. The van der Waals surface area contributed by atoms with Crippen molar-refractivity contribution in [3.05, 3.63) is 5.69 Å². The van der Waals surface area contributed by atoms with E-state index in [2.05, 4.69) is 40.7 Å². The molecule has 1 saturated carbocycles. The SMILES string of the molecule is CCCNc1snnc1CN(C)C1CCCCC1C. The Morgan fingerprint density at radius 1 is 1.37 bits per heavy atom. The minimum atomic E-state index is 0.703. The monoisotopic (exact) mass is 282 g/mol. The number of nitrogens with one attached hydrogen (secondary N) is 1. The van der Waals surface area contributed by atoms with Gasteiger partial charge >= 0.3 is 0 Å². The number of anilines is 1. The Labute approximate surface area is 120 Å². The third-order valence-electron chi connectivity index (χ3n) is 4.12. The maximum absolute atomic E-state index is 4.29. The Bertz CT molecular complexity index is 379. The van der Waals surface area contributed by atoms with Gasteiger partial charge in [0.15, 0.2) is 0 Å². The Kier molecular flexibility index (Phi) is 5.58. The van der Waals surface area contributed by atoms with Crippen LogP contribution >= 0.6 is 11.5 Å². The van der Waals surface area contributed by atoms with Gasteiger partial charge in [0, 0.05) is 30.7 Å². The van der Waals surface area contributed by atoms with E-state index in [0.29, 0.717) is 6.04 Å². The molecule has 0 radical (unpaired) electrons. The predicted octanol–water partition coefficient (Wildman–Crippen LogP) is 3.37. The first-order valence-corrected chi connectivity index (χ1v) is 8.25. The van der Waals surface area contributed by atoms with Gasteiger partial charge in [0.05, 0.1) is 0 Å². The third kappa shape index (κ3) is 3.89. The second-order valence-electron chi connectivity index (χ2n) is 5.72. The lowest BCUT2D eigenvalue weighted by Crippen LogP contribution is -2.38. The number of hydrogen-bond donors (Lipinski definition) is 1. The molecular formula is C14H26N4S. The maximum atomic E-state index is 4.29. The molecule has 1 aliphatic carbocycles. The van der Waals surface area contributed by atoms with E-state index in [1.807, 2.05) is 0 Å². The van der Waals surface area contributed by atoms with E-state index < -0.39 is 0 Å². The van der Waals surface area contributed by atoms with Crippen LogP contribution in [0.5, 0.6) is 0 Å². The molecule has 4 nitrogen and oxygen atoms in total. The maximum Gasteiger partial charge on any atom is 0.134 e. The summed E-state index contributed by atoms with van der Waals surface area (Å²) in [5.74, 6) is 0.803. The summed E-state index contributed by atoms with van der Waals surface area (Å²) in [6.45, 7) is 6.48. The molecule has 1 N–H and O–H groups in total. The minimum Gasteiger partial charge on any atom is -0.374 e. The molecule has 2 unspecified atom stereocenters. The number of aromatic nitrogens is 2. The summed E-state index contributed by atoms with van der Waals surface area (Å²) >= 11 is 1.48. The van der Waals surface area contributed by atoms with Crippen molar-refractivity contribution >= 4 is 16.5 Å². The summed E-state index contributed by atoms with van der Waals surface area (Å²) in [4.78, 5) is 2.47. The highest BCUT2D eigenvalue weighted by atomic mass is 32.1. The second kappa shape index (κ2) is 7.20. The molecule has 2 rings (SSSR count). The summed E-state index contributed by atoms with van der Waals surface area (Å²) in [6, 6.07) is 0.703. The average molecular weight is 282 g/mol. The standard InChI is InChI=1S/C14H26N4S/c1-4-9-15-14-12(16-17-19-14)10-18(3)13-8-6-5-7-11(13)2/h11,13,15H,4-10H2,1-3H3. The van der Waals surface area contributed by atoms with Crippen LogP contribution in [0.15, 0.2) is 0 Å². The fourth-order valence-electron chi connectivity index (χ4n) is 2.99. The molecule has 1 aromatic rings. The molecule has 0 amide bonds. The number of hydrogen-bond acceptors (Lipinski definition) is 5. The van der Waals surface area contributed by atoms with Crippen molar-refractivity contribution < 1.29 is 0 Å². The highest BCUT2D eigenvalue weighted by Crippen LogP contribution is 2.29. The van der Waals surface area contributed by atoms with Gasteiger partial charge in [-0.05, 0) is 32.2 Å². The average Bonchev–Trinajstić information content (AvgIpc) is 2.84. The lowest BCUT2D eigenvalue weighted by Gasteiger charge is -2.36. The highest BCUT2D eigenvalue weighted by molar-refractivity contribution is 7.10. The fraction of sp³-hybridized carbons (Fsp3) is 0.857. The van der Waals surface area contributed by atoms with Crippen LogP contribution in [-0.2, 0) is 6.54 Å². The quantitative estimate of drug-likeness (QED) is 0.868. The summed E-state index contributed by atoms with van der Waals surface area (Å²) in [5, 5.41) is 8.87. The van der Waals surface area contributed by atoms with Gasteiger partial charge in [-0.25, -0.2) is 0 Å². The zero-order chi connectivity index (χ0) is 13.7. The first-order valence-electron chi connectivity index (χ1n) is 7.47. The Morgan fingerprint density at radius 2 is 2.16 bits per heavy atom. The molecular weight excluding hydrogens is 256 g/mol. The van der Waals surface area contributed by atoms with Gasteiger partial charge in [0.2, 0.25) is 0 Å². The molecule has 1 heterocycles. The largest absolute Gasteiger partial charge is 0.374 e. The van der Waals surface area contributed by atoms with E-state index in [9.17, 15) is 0 Å². The van der Waals surface area contributed by atoms with Crippen LogP contribution in [0, 0.1) is 5.92 Å². The summed E-state index contributed by atoms with van der Waals surface area (Å²) in [5.41, 5.74) is 1.11. The van der Waals surface area contributed by atoms with E-state index in [1.54, 1.807) is 0 Å². The van der Waals surface area contributed by atoms with Crippen LogP contribution in [0.2, 0.25) is 0 Å². The molecule has 1 aromatic heterocycles. The number of nitrogens with zero attached hydrogens (tertiary/aromatic N) is 3. The molecule has 1 fully saturated rings. The molecule has 0 aromatic carbocycles. The second-order valence-corrected chi connectivity index (χ2v) is 6.47. The highest BCUT2D eigenvalue weighted by Gasteiger charge is 2.25. The zero-order valence-electron chi connectivity index (χ0n) is 12.4. The normalized spacial score (nSPS) is 23.8. The number of rotatable bonds is 6. The van der Waals surface area contributed by atoms with E-state index in [0.717, 1.165) is 36.1 Å². The summed E-state index contributed by atoms with van der Waals surface area (Å²) in [7, 11) is 2.23. The van der Waals surface area contributed by atoms with E-state index in [4.69, 9.17) is 0 Å². The van der Waals surface area contributed by atoms with Gasteiger partial charge in [-0.3, -0.25) is 4.90 Å². The van der Waals surface area contributed by atoms with Crippen molar-refractivity contribution in [2.45, 2.75) is 58.5 Å². The zero-order valence-corrected chi connectivity index (χ0v) is 13.2. The van der Waals surface area contributed by atoms with Gasteiger partial charge in [0.1, 0.15) is 10.7 Å². The van der Waals surface area contributed by atoms with Crippen molar-refractivity contribution in [2.24, 2.45) is 5.92 Å². The van der Waals surface area contributed by atoms with E-state index in [-0.39, 0.29) is 0 Å². The van der Waals surface area contributed by atoms with Gasteiger partial charge in [0.25, 0.3) is 0 Å². The van der Waals surface area contributed by atoms with Crippen LogP contribution in [0.4, 0.5) is 5.00 Å². The minimum absolute atomic E-state index is 0.703. The van der Waals surface area contributed by atoms with E-state index in [1.165, 1.54) is 37.2 Å². The van der Waals surface area contributed by atoms with Gasteiger partial charge in [-0.15, -0.1) is 5.10 Å². The topological polar surface area (TPSA) is 41.1 Å². The lowest BCUT2D eigenvalue weighted by atomic mass is 9.85. The smallest absolute Gasteiger partial charge is 0.134 e. The van der Waals surface area contributed by atoms with Gasteiger partial charge in [-0.1, -0.05) is 31.2 Å². The van der Waals surface area contributed by atoms with Crippen molar-refractivity contribution in [3.63, 3.8) is 0 Å². The molecule has 0 bridgehead atoms. The molecule has 0 saturated heterocycles. The van der Waals surface area contributed by atoms with Gasteiger partial charge < -0.3 is 5.32 Å². The van der Waals surface area contributed by atoms with Crippen LogP contribution < -0.4 is 5.32 Å². The van der Waals surface area contributed by atoms with Crippen LogP contribution in [0.25, 0.3) is 0 Å². The van der Waals surface area contributed by atoms with Crippen molar-refractivity contribution in [3.8, 4) is 0 Å². The predicted molar refractivity (Wildman–Crippen MR) is 81.6 cm³/mol. The van der Waals surface area contributed by atoms with Crippen molar-refractivity contribution in [2.75, 3.05) is 18.9 Å². The fourth-order valence-corrected chi connectivity index (χ4v) is 3.59. The Balaban J connectivity index is 1.94. The van der Waals surface area contributed by atoms with Crippen LogP contribution in [0.1, 0.15) is 51.6 Å². The molecule has 0 aliphatic heterocycles. The molecule has 2 atom stereocenters. The first kappa shape index (κ1) is 14.7. The van der Waals surface area contributed by atoms with Crippen molar-refractivity contribution in [1.82, 2.24) is 14.5 Å². The molecule has 108 valence electrons. The van der Waals surface area contributed by atoms with E-state index >= 15 is 0 Å². The third-order valence-corrected chi connectivity index (χ3v) is 4.85. The summed E-state index contributed by atoms with van der Waals surface area (Å²) < 4.78 is 4.09. The van der Waals surface area contributed by atoms with Gasteiger partial charge in [-0.2, -0.15) is 0 Å². The van der Waals surface area contributed by atoms with Crippen molar-refractivity contribution in [1.29, 1.82) is 0 Å². The lowest BCUT2D eigenvalue weighted by molar-refractivity contribution is 0.132. The molecule has 0 spiro atoms. The van der Waals surface area contributed by atoms with Crippen LogP contribution in [-0.4, -0.2) is 34.1 Å². The first-order chi connectivity index (χ1) is 9.22. The molecule has 19 heavy (non-hydrogen) atoms. The Morgan fingerprint density at radius 3 is 2.89 bits per heavy atom. The molecule has 1 aliphatic rings. The summed E-state index contributed by atoms with van der Waals surface area (Å²) in [6.07, 6.45) is 6.59. The Hall–Kier alpha value is -0.680.